The predicted molar refractivity (Wildman–Crippen MR) is 64.8 cm³/mol. The Morgan fingerprint density at radius 1 is 1.47 bits per heavy atom. The van der Waals surface area contributed by atoms with Crippen molar-refractivity contribution in [3.05, 3.63) is 0 Å². The number of amides is 1. The van der Waals surface area contributed by atoms with Crippen molar-refractivity contribution in [1.82, 2.24) is 5.32 Å². The molecular formula is C11H19NO4S. The summed E-state index contributed by atoms with van der Waals surface area (Å²) in [5.41, 5.74) is 0. The molecule has 0 heterocycles. The van der Waals surface area contributed by atoms with E-state index in [1.165, 1.54) is 20.0 Å². The molecule has 0 spiro atoms. The summed E-state index contributed by atoms with van der Waals surface area (Å²) < 4.78 is 16.1. The molecule has 0 aromatic rings. The van der Waals surface area contributed by atoms with E-state index in [1.807, 2.05) is 0 Å². The van der Waals surface area contributed by atoms with Gasteiger partial charge in [0.25, 0.3) is 0 Å². The van der Waals surface area contributed by atoms with Crippen molar-refractivity contribution < 1.29 is 18.5 Å². The second-order valence-electron chi connectivity index (χ2n) is 4.42. The summed E-state index contributed by atoms with van der Waals surface area (Å²) in [5, 5.41) is 2.74. The first kappa shape index (κ1) is 14.2. The molecule has 98 valence electrons. The van der Waals surface area contributed by atoms with Gasteiger partial charge in [-0.2, -0.15) is 0 Å². The minimum absolute atomic E-state index is 0.0337. The first-order chi connectivity index (χ1) is 8.02. The zero-order chi connectivity index (χ0) is 12.8. The van der Waals surface area contributed by atoms with Crippen molar-refractivity contribution in [2.75, 3.05) is 25.2 Å². The Kier molecular flexibility index (Phi) is 5.61. The monoisotopic (exact) mass is 261 g/mol. The van der Waals surface area contributed by atoms with Crippen LogP contribution in [0.5, 0.6) is 0 Å². The molecule has 1 N–H and O–H groups in total. The van der Waals surface area contributed by atoms with Crippen molar-refractivity contribution in [1.29, 1.82) is 0 Å². The van der Waals surface area contributed by atoms with Gasteiger partial charge in [-0.15, -0.1) is 0 Å². The number of carbonyl (C=O) groups is 2. The molecule has 0 radical (unpaired) electrons. The van der Waals surface area contributed by atoms with Crippen LogP contribution in [-0.2, 0) is 25.1 Å². The van der Waals surface area contributed by atoms with Gasteiger partial charge in [0.2, 0.25) is 5.91 Å². The first-order valence-electron chi connectivity index (χ1n) is 5.72. The standard InChI is InChI=1S/C11H19NO4S/c1-8(11(14)16-2)6-17(15)7-10(13)12-5-9-3-4-9/h8-9H,3-7H2,1-2H3,(H,12,13). The molecule has 0 aromatic carbocycles. The maximum Gasteiger partial charge on any atom is 0.309 e. The molecule has 1 aliphatic carbocycles. The number of ether oxygens (including phenoxy) is 1. The van der Waals surface area contributed by atoms with Gasteiger partial charge in [0.15, 0.2) is 0 Å². The number of esters is 1. The highest BCUT2D eigenvalue weighted by Gasteiger charge is 2.22. The van der Waals surface area contributed by atoms with Crippen molar-refractivity contribution in [2.45, 2.75) is 19.8 Å². The molecule has 6 heteroatoms. The Balaban J connectivity index is 2.18. The number of hydrogen-bond donors (Lipinski definition) is 1. The quantitative estimate of drug-likeness (QED) is 0.658. The molecule has 0 bridgehead atoms. The fourth-order valence-electron chi connectivity index (χ4n) is 1.38. The van der Waals surface area contributed by atoms with Crippen LogP contribution in [-0.4, -0.2) is 41.2 Å². The fourth-order valence-corrected chi connectivity index (χ4v) is 2.59. The highest BCUT2D eigenvalue weighted by molar-refractivity contribution is 7.85. The van der Waals surface area contributed by atoms with E-state index in [9.17, 15) is 13.8 Å². The average molecular weight is 261 g/mol. The van der Waals surface area contributed by atoms with E-state index in [1.54, 1.807) is 6.92 Å². The summed E-state index contributed by atoms with van der Waals surface area (Å²) in [7, 11) is -0.0138. The zero-order valence-corrected chi connectivity index (χ0v) is 11.0. The molecule has 0 aromatic heterocycles. The van der Waals surface area contributed by atoms with Gasteiger partial charge in [0.1, 0.15) is 5.75 Å². The molecule has 5 nitrogen and oxygen atoms in total. The van der Waals surface area contributed by atoms with Gasteiger partial charge in [-0.05, 0) is 18.8 Å². The summed E-state index contributed by atoms with van der Waals surface area (Å²) >= 11 is 0. The lowest BCUT2D eigenvalue weighted by Crippen LogP contribution is -2.32. The van der Waals surface area contributed by atoms with Gasteiger partial charge in [0.05, 0.1) is 13.0 Å². The SMILES string of the molecule is COC(=O)C(C)CS(=O)CC(=O)NCC1CC1. The lowest BCUT2D eigenvalue weighted by Gasteiger charge is -2.08. The fraction of sp³-hybridized carbons (Fsp3) is 0.818. The van der Waals surface area contributed by atoms with Crippen LogP contribution in [0.4, 0.5) is 0 Å². The van der Waals surface area contributed by atoms with E-state index in [-0.39, 0.29) is 17.4 Å². The van der Waals surface area contributed by atoms with Crippen molar-refractivity contribution in [3.63, 3.8) is 0 Å². The zero-order valence-electron chi connectivity index (χ0n) is 10.2. The van der Waals surface area contributed by atoms with Crippen molar-refractivity contribution in [3.8, 4) is 0 Å². The van der Waals surface area contributed by atoms with Crippen LogP contribution < -0.4 is 5.32 Å². The smallest absolute Gasteiger partial charge is 0.309 e. The lowest BCUT2D eigenvalue weighted by atomic mass is 10.2. The Labute approximate surface area is 104 Å². The number of nitrogens with one attached hydrogen (secondary N) is 1. The molecule has 1 amide bonds. The van der Waals surface area contributed by atoms with E-state index >= 15 is 0 Å². The Hall–Kier alpha value is -0.910. The van der Waals surface area contributed by atoms with E-state index in [4.69, 9.17) is 0 Å². The third-order valence-electron chi connectivity index (χ3n) is 2.62. The van der Waals surface area contributed by atoms with E-state index in [0.29, 0.717) is 12.5 Å². The Morgan fingerprint density at radius 3 is 2.65 bits per heavy atom. The second-order valence-corrected chi connectivity index (χ2v) is 5.92. The first-order valence-corrected chi connectivity index (χ1v) is 7.21. The van der Waals surface area contributed by atoms with E-state index in [2.05, 4.69) is 10.1 Å². The highest BCUT2D eigenvalue weighted by atomic mass is 32.2. The summed E-state index contributed by atoms with van der Waals surface area (Å²) in [6.45, 7) is 2.33. The normalized spacial score (nSPS) is 18.2. The van der Waals surface area contributed by atoms with E-state index in [0.717, 1.165) is 0 Å². The van der Waals surface area contributed by atoms with Crippen LogP contribution >= 0.6 is 0 Å². The number of hydrogen-bond acceptors (Lipinski definition) is 4. The van der Waals surface area contributed by atoms with Gasteiger partial charge >= 0.3 is 5.97 Å². The topological polar surface area (TPSA) is 72.5 Å². The molecule has 2 unspecified atom stereocenters. The minimum atomic E-state index is -1.31. The van der Waals surface area contributed by atoms with Crippen LogP contribution in [0.25, 0.3) is 0 Å². The van der Waals surface area contributed by atoms with Gasteiger partial charge in [-0.1, -0.05) is 6.92 Å². The van der Waals surface area contributed by atoms with Gasteiger partial charge in [0, 0.05) is 23.1 Å². The van der Waals surface area contributed by atoms with Crippen LogP contribution in [0.2, 0.25) is 0 Å². The van der Waals surface area contributed by atoms with Gasteiger partial charge < -0.3 is 10.1 Å². The molecule has 1 saturated carbocycles. The third-order valence-corrected chi connectivity index (χ3v) is 4.07. The summed E-state index contributed by atoms with van der Waals surface area (Å²) in [4.78, 5) is 22.5. The van der Waals surface area contributed by atoms with Crippen LogP contribution in [0.15, 0.2) is 0 Å². The molecule has 0 aliphatic heterocycles. The molecule has 1 fully saturated rings. The molecule has 17 heavy (non-hydrogen) atoms. The van der Waals surface area contributed by atoms with Crippen LogP contribution in [0.3, 0.4) is 0 Å². The maximum absolute atomic E-state index is 11.6. The van der Waals surface area contributed by atoms with Crippen LogP contribution in [0, 0.1) is 11.8 Å². The summed E-state index contributed by atoms with van der Waals surface area (Å²) in [6, 6.07) is 0. The van der Waals surface area contributed by atoms with E-state index < -0.39 is 22.7 Å². The Morgan fingerprint density at radius 2 is 2.12 bits per heavy atom. The van der Waals surface area contributed by atoms with Crippen molar-refractivity contribution in [2.24, 2.45) is 11.8 Å². The van der Waals surface area contributed by atoms with Crippen molar-refractivity contribution >= 4 is 22.7 Å². The highest BCUT2D eigenvalue weighted by Crippen LogP contribution is 2.27. The lowest BCUT2D eigenvalue weighted by molar-refractivity contribution is -0.144. The number of rotatable bonds is 7. The second kappa shape index (κ2) is 6.74. The molecule has 0 saturated heterocycles. The molecule has 1 aliphatic rings. The maximum atomic E-state index is 11.6. The molecular weight excluding hydrogens is 242 g/mol. The Bertz CT molecular complexity index is 315. The van der Waals surface area contributed by atoms with Gasteiger partial charge in [-0.3, -0.25) is 13.8 Å². The third kappa shape index (κ3) is 5.81. The summed E-state index contributed by atoms with van der Waals surface area (Å²) in [5.74, 6) is -0.278. The number of methoxy groups -OCH3 is 1. The van der Waals surface area contributed by atoms with Gasteiger partial charge in [-0.25, -0.2) is 0 Å². The summed E-state index contributed by atoms with van der Waals surface area (Å²) in [6.07, 6.45) is 2.34. The molecule has 2 atom stereocenters. The average Bonchev–Trinajstić information content (AvgIpc) is 3.08. The number of carbonyl (C=O) groups excluding carboxylic acids is 2. The largest absolute Gasteiger partial charge is 0.469 e. The predicted octanol–water partition coefficient (Wildman–Crippen LogP) is 0.0704. The molecule has 1 rings (SSSR count). The minimum Gasteiger partial charge on any atom is -0.469 e. The van der Waals surface area contributed by atoms with Crippen LogP contribution in [0.1, 0.15) is 19.8 Å².